The van der Waals surface area contributed by atoms with Gasteiger partial charge in [0.1, 0.15) is 12.2 Å². The van der Waals surface area contributed by atoms with E-state index in [1.807, 2.05) is 0 Å². The molecule has 0 aliphatic carbocycles. The molecule has 0 bridgehead atoms. The molecule has 0 radical (unpaired) electrons. The Hall–Kier alpha value is -0.250. The van der Waals surface area contributed by atoms with Crippen molar-refractivity contribution >= 4 is 10.1 Å². The van der Waals surface area contributed by atoms with Gasteiger partial charge in [-0.15, -0.1) is 0 Å². The Morgan fingerprint density at radius 3 is 2.43 bits per heavy atom. The van der Waals surface area contributed by atoms with Gasteiger partial charge in [-0.2, -0.15) is 8.42 Å². The average molecular weight is 228 g/mol. The molecule has 0 aromatic rings. The normalized spacial score (nSPS) is 39.7. The zero-order chi connectivity index (χ0) is 10.9. The lowest BCUT2D eigenvalue weighted by Crippen LogP contribution is -2.54. The highest BCUT2D eigenvalue weighted by Crippen LogP contribution is 2.18. The molecule has 1 aliphatic rings. The summed E-state index contributed by atoms with van der Waals surface area (Å²) in [5, 5.41) is 27.5. The predicted molar refractivity (Wildman–Crippen MR) is 43.7 cm³/mol. The standard InChI is InChI=1S/C6H12O7S/c1-14(10,11)13-5-4(8)3(7)2-12-6(5)9/h3-9H,2H2,1H3/t3-,4-,5+,6-/m1/s1. The summed E-state index contributed by atoms with van der Waals surface area (Å²) in [6, 6.07) is 0. The minimum absolute atomic E-state index is 0.272. The topological polar surface area (TPSA) is 113 Å². The minimum Gasteiger partial charge on any atom is -0.388 e. The van der Waals surface area contributed by atoms with Gasteiger partial charge in [0.05, 0.1) is 12.9 Å². The van der Waals surface area contributed by atoms with Gasteiger partial charge in [-0.05, 0) is 0 Å². The van der Waals surface area contributed by atoms with Crippen molar-refractivity contribution in [1.29, 1.82) is 0 Å². The Balaban J connectivity index is 2.73. The molecular weight excluding hydrogens is 216 g/mol. The highest BCUT2D eigenvalue weighted by Gasteiger charge is 2.40. The Morgan fingerprint density at radius 2 is 1.93 bits per heavy atom. The van der Waals surface area contributed by atoms with Crippen molar-refractivity contribution in [3.05, 3.63) is 0 Å². The van der Waals surface area contributed by atoms with Crippen LogP contribution >= 0.6 is 0 Å². The second kappa shape index (κ2) is 4.09. The first-order chi connectivity index (χ1) is 6.31. The summed E-state index contributed by atoms with van der Waals surface area (Å²) in [5.41, 5.74) is 0. The third kappa shape index (κ3) is 2.87. The van der Waals surface area contributed by atoms with Crippen molar-refractivity contribution < 1.29 is 32.7 Å². The summed E-state index contributed by atoms with van der Waals surface area (Å²) in [5.74, 6) is 0. The van der Waals surface area contributed by atoms with E-state index in [0.717, 1.165) is 6.26 Å². The maximum atomic E-state index is 10.7. The molecule has 1 heterocycles. The molecule has 1 saturated heterocycles. The second-order valence-corrected chi connectivity index (χ2v) is 4.65. The van der Waals surface area contributed by atoms with Crippen LogP contribution in [0.2, 0.25) is 0 Å². The average Bonchev–Trinajstić information content (AvgIpc) is 2.04. The van der Waals surface area contributed by atoms with Gasteiger partial charge in [0.25, 0.3) is 10.1 Å². The van der Waals surface area contributed by atoms with Crippen LogP contribution in [0.4, 0.5) is 0 Å². The summed E-state index contributed by atoms with van der Waals surface area (Å²) < 4.78 is 30.4. The van der Waals surface area contributed by atoms with Crippen molar-refractivity contribution in [2.75, 3.05) is 12.9 Å². The Kier molecular flexibility index (Phi) is 3.45. The number of ether oxygens (including phenoxy) is 1. The quantitative estimate of drug-likeness (QED) is 0.444. The number of hydrogen-bond donors (Lipinski definition) is 3. The molecule has 84 valence electrons. The van der Waals surface area contributed by atoms with Gasteiger partial charge in [-0.1, -0.05) is 0 Å². The van der Waals surface area contributed by atoms with E-state index in [1.54, 1.807) is 0 Å². The molecule has 4 atom stereocenters. The number of aliphatic hydroxyl groups is 3. The molecule has 8 heteroatoms. The molecule has 0 amide bonds. The molecule has 0 saturated carbocycles. The van der Waals surface area contributed by atoms with Crippen LogP contribution in [-0.4, -0.2) is 61.2 Å². The van der Waals surface area contributed by atoms with Crippen LogP contribution in [0.1, 0.15) is 0 Å². The molecule has 0 spiro atoms. The molecule has 14 heavy (non-hydrogen) atoms. The van der Waals surface area contributed by atoms with E-state index in [-0.39, 0.29) is 6.61 Å². The van der Waals surface area contributed by atoms with Crippen molar-refractivity contribution in [3.8, 4) is 0 Å². The van der Waals surface area contributed by atoms with Crippen LogP contribution in [0.3, 0.4) is 0 Å². The van der Waals surface area contributed by atoms with Crippen LogP contribution in [0.15, 0.2) is 0 Å². The Bertz CT molecular complexity index is 287. The van der Waals surface area contributed by atoms with E-state index in [4.69, 9.17) is 10.2 Å². The number of aliphatic hydroxyl groups excluding tert-OH is 3. The van der Waals surface area contributed by atoms with Gasteiger partial charge >= 0.3 is 0 Å². The second-order valence-electron chi connectivity index (χ2n) is 3.05. The molecule has 3 N–H and O–H groups in total. The van der Waals surface area contributed by atoms with Crippen LogP contribution < -0.4 is 0 Å². The minimum atomic E-state index is -3.82. The molecule has 1 fully saturated rings. The smallest absolute Gasteiger partial charge is 0.264 e. The van der Waals surface area contributed by atoms with E-state index < -0.39 is 34.7 Å². The van der Waals surface area contributed by atoms with E-state index in [0.29, 0.717) is 0 Å². The number of rotatable bonds is 2. The fourth-order valence-corrected chi connectivity index (χ4v) is 1.70. The predicted octanol–water partition coefficient (Wildman–Crippen LogP) is -2.60. The van der Waals surface area contributed by atoms with Gasteiger partial charge in [0.15, 0.2) is 12.4 Å². The van der Waals surface area contributed by atoms with Crippen LogP contribution in [0, 0.1) is 0 Å². The zero-order valence-electron chi connectivity index (χ0n) is 7.40. The summed E-state index contributed by atoms with van der Waals surface area (Å²) in [6.45, 7) is -0.272. The third-order valence-electron chi connectivity index (χ3n) is 1.74. The molecule has 1 aliphatic heterocycles. The first-order valence-corrected chi connectivity index (χ1v) is 5.67. The van der Waals surface area contributed by atoms with Crippen LogP contribution in [0.5, 0.6) is 0 Å². The lowest BCUT2D eigenvalue weighted by atomic mass is 10.1. The van der Waals surface area contributed by atoms with Crippen molar-refractivity contribution in [2.24, 2.45) is 0 Å². The lowest BCUT2D eigenvalue weighted by Gasteiger charge is -2.34. The summed E-state index contributed by atoms with van der Waals surface area (Å²) >= 11 is 0. The van der Waals surface area contributed by atoms with Gasteiger partial charge in [-0.3, -0.25) is 4.18 Å². The van der Waals surface area contributed by atoms with Crippen LogP contribution in [-0.2, 0) is 19.0 Å². The highest BCUT2D eigenvalue weighted by atomic mass is 32.2. The van der Waals surface area contributed by atoms with Crippen molar-refractivity contribution in [1.82, 2.24) is 0 Å². The maximum Gasteiger partial charge on any atom is 0.264 e. The van der Waals surface area contributed by atoms with Gasteiger partial charge in [0.2, 0.25) is 0 Å². The van der Waals surface area contributed by atoms with Gasteiger partial charge in [0, 0.05) is 0 Å². The first-order valence-electron chi connectivity index (χ1n) is 3.85. The SMILES string of the molecule is CS(=O)(=O)O[C@H]1[C@H](O)[C@H](O)CO[C@H]1O. The Labute approximate surface area is 81.0 Å². The molecule has 7 nitrogen and oxygen atoms in total. The first kappa shape index (κ1) is 11.8. The summed E-state index contributed by atoms with van der Waals surface area (Å²) in [6.07, 6.45) is -5.05. The van der Waals surface area contributed by atoms with Crippen LogP contribution in [0.25, 0.3) is 0 Å². The van der Waals surface area contributed by atoms with Crippen molar-refractivity contribution in [2.45, 2.75) is 24.6 Å². The summed E-state index contributed by atoms with van der Waals surface area (Å²) in [4.78, 5) is 0. The van der Waals surface area contributed by atoms with E-state index >= 15 is 0 Å². The lowest BCUT2D eigenvalue weighted by molar-refractivity contribution is -0.243. The van der Waals surface area contributed by atoms with Crippen molar-refractivity contribution in [3.63, 3.8) is 0 Å². The molecule has 0 aromatic heterocycles. The fourth-order valence-electron chi connectivity index (χ4n) is 1.08. The molecular formula is C6H12O7S. The Morgan fingerprint density at radius 1 is 1.36 bits per heavy atom. The molecule has 0 unspecified atom stereocenters. The number of hydrogen-bond acceptors (Lipinski definition) is 7. The molecule has 0 aromatic carbocycles. The van der Waals surface area contributed by atoms with E-state index in [9.17, 15) is 13.5 Å². The van der Waals surface area contributed by atoms with Gasteiger partial charge < -0.3 is 20.1 Å². The highest BCUT2D eigenvalue weighted by molar-refractivity contribution is 7.86. The van der Waals surface area contributed by atoms with Gasteiger partial charge in [-0.25, -0.2) is 0 Å². The zero-order valence-corrected chi connectivity index (χ0v) is 8.22. The molecule has 1 rings (SSSR count). The monoisotopic (exact) mass is 228 g/mol. The van der Waals surface area contributed by atoms with E-state index in [2.05, 4.69) is 8.92 Å². The fraction of sp³-hybridized carbons (Fsp3) is 1.00. The summed E-state index contributed by atoms with van der Waals surface area (Å²) in [7, 11) is -3.82. The third-order valence-corrected chi connectivity index (χ3v) is 2.31. The largest absolute Gasteiger partial charge is 0.388 e. The van der Waals surface area contributed by atoms with E-state index in [1.165, 1.54) is 0 Å². The maximum absolute atomic E-state index is 10.7.